The molecule has 2 unspecified atom stereocenters. The number of rotatable bonds is 4. The van der Waals surface area contributed by atoms with Crippen LogP contribution in [0.25, 0.3) is 0 Å². The van der Waals surface area contributed by atoms with E-state index in [1.807, 2.05) is 36.6 Å². The molecule has 1 aromatic heterocycles. The van der Waals surface area contributed by atoms with Crippen LogP contribution in [0.2, 0.25) is 0 Å². The van der Waals surface area contributed by atoms with Crippen LogP contribution < -0.4 is 0 Å². The van der Waals surface area contributed by atoms with E-state index >= 15 is 0 Å². The normalized spacial score (nSPS) is 20.6. The van der Waals surface area contributed by atoms with Crippen LogP contribution in [0.5, 0.6) is 0 Å². The second-order valence-corrected chi connectivity index (χ2v) is 6.93. The Balaban J connectivity index is 1.88. The smallest absolute Gasteiger partial charge is 0.254 e. The van der Waals surface area contributed by atoms with Crippen LogP contribution in [0, 0.1) is 6.92 Å². The Morgan fingerprint density at radius 1 is 1.44 bits per heavy atom. The average molecular weight is 359 g/mol. The van der Waals surface area contributed by atoms with Crippen molar-refractivity contribution in [1.29, 1.82) is 0 Å². The number of likely N-dealkylation sites (N-methyl/N-ethyl adjacent to an activating group) is 2. The number of carbonyl (C=O) groups excluding carboxylic acids is 2. The van der Waals surface area contributed by atoms with E-state index in [-0.39, 0.29) is 18.4 Å². The number of aromatic nitrogens is 1. The first kappa shape index (κ1) is 17.6. The molecule has 25 heavy (non-hydrogen) atoms. The van der Waals surface area contributed by atoms with Crippen molar-refractivity contribution in [2.24, 2.45) is 0 Å². The van der Waals surface area contributed by atoms with Gasteiger partial charge in [-0.3, -0.25) is 9.59 Å². The van der Waals surface area contributed by atoms with Crippen LogP contribution in [-0.4, -0.2) is 53.4 Å². The van der Waals surface area contributed by atoms with E-state index in [2.05, 4.69) is 4.98 Å². The van der Waals surface area contributed by atoms with Gasteiger partial charge in [0.2, 0.25) is 5.91 Å². The maximum Gasteiger partial charge on any atom is 0.254 e. The molecule has 6 nitrogen and oxygen atoms in total. The standard InChI is InChI=1S/C18H21N3O3S/c1-12-6-4-5-7-14(12)16-17(24-9-15(22)21(16)3)18(23)20(2)8-13-10-25-11-19-13/h4-7,10-11,16-17H,8-9H2,1-3H3. The number of carbonyl (C=O) groups is 2. The summed E-state index contributed by atoms with van der Waals surface area (Å²) in [7, 11) is 3.46. The van der Waals surface area contributed by atoms with E-state index in [1.165, 1.54) is 11.3 Å². The molecule has 1 aliphatic heterocycles. The number of morpholine rings is 1. The lowest BCUT2D eigenvalue weighted by molar-refractivity contribution is -0.167. The minimum atomic E-state index is -0.729. The highest BCUT2D eigenvalue weighted by Crippen LogP contribution is 2.32. The molecule has 1 fully saturated rings. The molecule has 7 heteroatoms. The number of amides is 2. The molecule has 1 aliphatic rings. The van der Waals surface area contributed by atoms with Crippen molar-refractivity contribution < 1.29 is 14.3 Å². The summed E-state index contributed by atoms with van der Waals surface area (Å²) in [5.74, 6) is -0.278. The molecule has 0 bridgehead atoms. The van der Waals surface area contributed by atoms with Gasteiger partial charge in [-0.05, 0) is 18.1 Å². The van der Waals surface area contributed by atoms with Gasteiger partial charge in [-0.15, -0.1) is 11.3 Å². The monoisotopic (exact) mass is 359 g/mol. The number of hydrogen-bond acceptors (Lipinski definition) is 5. The summed E-state index contributed by atoms with van der Waals surface area (Å²) in [6, 6.07) is 7.33. The summed E-state index contributed by atoms with van der Waals surface area (Å²) in [4.78, 5) is 32.6. The molecule has 2 amide bonds. The quantitative estimate of drug-likeness (QED) is 0.838. The molecule has 2 heterocycles. The molecule has 2 aromatic rings. The van der Waals surface area contributed by atoms with Crippen molar-refractivity contribution in [1.82, 2.24) is 14.8 Å². The molecule has 0 saturated carbocycles. The molecule has 1 aromatic carbocycles. The Bertz CT molecular complexity index is 763. The van der Waals surface area contributed by atoms with Gasteiger partial charge in [-0.1, -0.05) is 24.3 Å². The van der Waals surface area contributed by atoms with Crippen LogP contribution in [0.4, 0.5) is 0 Å². The second kappa shape index (κ2) is 7.33. The predicted octanol–water partition coefficient (Wildman–Crippen LogP) is 2.01. The highest BCUT2D eigenvalue weighted by molar-refractivity contribution is 7.07. The third-order valence-electron chi connectivity index (χ3n) is 4.49. The van der Waals surface area contributed by atoms with Gasteiger partial charge in [0.15, 0.2) is 6.10 Å². The number of benzene rings is 1. The topological polar surface area (TPSA) is 62.7 Å². The van der Waals surface area contributed by atoms with Crippen LogP contribution >= 0.6 is 11.3 Å². The van der Waals surface area contributed by atoms with Crippen molar-refractivity contribution in [3.8, 4) is 0 Å². The summed E-state index contributed by atoms with van der Waals surface area (Å²) in [6.07, 6.45) is -0.729. The zero-order valence-electron chi connectivity index (χ0n) is 14.5. The highest BCUT2D eigenvalue weighted by Gasteiger charge is 2.41. The first-order valence-corrected chi connectivity index (χ1v) is 8.98. The van der Waals surface area contributed by atoms with E-state index in [0.29, 0.717) is 6.54 Å². The molecule has 3 rings (SSSR count). The lowest BCUT2D eigenvalue weighted by Crippen LogP contribution is -2.53. The SMILES string of the molecule is Cc1ccccc1C1C(C(=O)N(C)Cc2cscn2)OCC(=O)N1C. The molecule has 0 N–H and O–H groups in total. The molecule has 0 spiro atoms. The third kappa shape index (κ3) is 3.57. The van der Waals surface area contributed by atoms with Crippen LogP contribution in [-0.2, 0) is 20.9 Å². The fourth-order valence-corrected chi connectivity index (χ4v) is 3.61. The van der Waals surface area contributed by atoms with Crippen molar-refractivity contribution in [3.05, 3.63) is 52.0 Å². The van der Waals surface area contributed by atoms with Crippen LogP contribution in [0.3, 0.4) is 0 Å². The number of ether oxygens (including phenoxy) is 1. The number of nitrogens with zero attached hydrogens (tertiary/aromatic N) is 3. The molecule has 2 atom stereocenters. The predicted molar refractivity (Wildman–Crippen MR) is 95.0 cm³/mol. The summed E-state index contributed by atoms with van der Waals surface area (Å²) in [6.45, 7) is 2.31. The minimum absolute atomic E-state index is 0.0835. The van der Waals surface area contributed by atoms with Crippen LogP contribution in [0.1, 0.15) is 22.9 Å². The molecular weight excluding hydrogens is 338 g/mol. The van der Waals surface area contributed by atoms with Gasteiger partial charge in [0, 0.05) is 19.5 Å². The summed E-state index contributed by atoms with van der Waals surface area (Å²) < 4.78 is 5.68. The highest BCUT2D eigenvalue weighted by atomic mass is 32.1. The fraction of sp³-hybridized carbons (Fsp3) is 0.389. The van der Waals surface area contributed by atoms with Crippen molar-refractivity contribution in [2.45, 2.75) is 25.6 Å². The van der Waals surface area contributed by atoms with Gasteiger partial charge in [0.25, 0.3) is 5.91 Å². The van der Waals surface area contributed by atoms with E-state index in [1.54, 1.807) is 29.4 Å². The molecule has 132 valence electrons. The van der Waals surface area contributed by atoms with Crippen molar-refractivity contribution in [2.75, 3.05) is 20.7 Å². The van der Waals surface area contributed by atoms with E-state index in [9.17, 15) is 9.59 Å². The second-order valence-electron chi connectivity index (χ2n) is 6.21. The maximum atomic E-state index is 13.0. The minimum Gasteiger partial charge on any atom is -0.356 e. The Labute approximate surface area is 151 Å². The Morgan fingerprint density at radius 2 is 2.20 bits per heavy atom. The zero-order chi connectivity index (χ0) is 18.0. The van der Waals surface area contributed by atoms with Gasteiger partial charge >= 0.3 is 0 Å². The van der Waals surface area contributed by atoms with E-state index in [0.717, 1.165) is 16.8 Å². The third-order valence-corrected chi connectivity index (χ3v) is 5.13. The Hall–Kier alpha value is -2.25. The largest absolute Gasteiger partial charge is 0.356 e. The molecule has 0 aliphatic carbocycles. The lowest BCUT2D eigenvalue weighted by Gasteiger charge is -2.40. The number of hydrogen-bond donors (Lipinski definition) is 0. The van der Waals surface area contributed by atoms with Crippen molar-refractivity contribution >= 4 is 23.2 Å². The van der Waals surface area contributed by atoms with Crippen LogP contribution in [0.15, 0.2) is 35.2 Å². The summed E-state index contributed by atoms with van der Waals surface area (Å²) >= 11 is 1.50. The van der Waals surface area contributed by atoms with Gasteiger partial charge in [0.1, 0.15) is 6.61 Å². The van der Waals surface area contributed by atoms with Gasteiger partial charge in [-0.25, -0.2) is 4.98 Å². The van der Waals surface area contributed by atoms with Gasteiger partial charge < -0.3 is 14.5 Å². The van der Waals surface area contributed by atoms with Crippen molar-refractivity contribution in [3.63, 3.8) is 0 Å². The Morgan fingerprint density at radius 3 is 2.88 bits per heavy atom. The molecule has 1 saturated heterocycles. The van der Waals surface area contributed by atoms with Gasteiger partial charge in [0.05, 0.1) is 23.8 Å². The summed E-state index contributed by atoms with van der Waals surface area (Å²) in [5, 5.41) is 1.92. The Kier molecular flexibility index (Phi) is 5.15. The number of thiazole rings is 1. The van der Waals surface area contributed by atoms with Gasteiger partial charge in [-0.2, -0.15) is 0 Å². The first-order chi connectivity index (χ1) is 12.0. The van der Waals surface area contributed by atoms with E-state index in [4.69, 9.17) is 4.74 Å². The molecule has 0 radical (unpaired) electrons. The molecular formula is C18H21N3O3S. The first-order valence-electron chi connectivity index (χ1n) is 8.04. The number of aryl methyl sites for hydroxylation is 1. The summed E-state index contributed by atoms with van der Waals surface area (Å²) in [5.41, 5.74) is 4.54. The van der Waals surface area contributed by atoms with E-state index < -0.39 is 12.1 Å². The average Bonchev–Trinajstić information content (AvgIpc) is 3.10. The lowest BCUT2D eigenvalue weighted by atomic mass is 9.93. The maximum absolute atomic E-state index is 13.0. The zero-order valence-corrected chi connectivity index (χ0v) is 15.3. The fourth-order valence-electron chi connectivity index (χ4n) is 3.06.